The van der Waals surface area contributed by atoms with E-state index in [9.17, 15) is 15.0 Å². The first-order chi connectivity index (χ1) is 13.3. The van der Waals surface area contributed by atoms with Crippen molar-refractivity contribution in [3.05, 3.63) is 53.1 Å². The van der Waals surface area contributed by atoms with Crippen LogP contribution in [0.3, 0.4) is 0 Å². The summed E-state index contributed by atoms with van der Waals surface area (Å²) >= 11 is 0. The van der Waals surface area contributed by atoms with Gasteiger partial charge in [0.1, 0.15) is 22.8 Å². The van der Waals surface area contributed by atoms with Gasteiger partial charge in [0.15, 0.2) is 17.3 Å². The molecule has 2 aromatic rings. The fourth-order valence-corrected chi connectivity index (χ4v) is 2.93. The van der Waals surface area contributed by atoms with Gasteiger partial charge in [0, 0.05) is 11.6 Å². The Balaban J connectivity index is 1.91. The Morgan fingerprint density at radius 3 is 2.50 bits per heavy atom. The number of carbonyl (C=O) groups excluding carboxylic acids is 1. The maximum atomic E-state index is 12.6. The summed E-state index contributed by atoms with van der Waals surface area (Å²) in [6.45, 7) is 3.81. The molecule has 0 radical (unpaired) electrons. The second kappa shape index (κ2) is 7.31. The van der Waals surface area contributed by atoms with E-state index in [2.05, 4.69) is 0 Å². The molecule has 6 nitrogen and oxygen atoms in total. The summed E-state index contributed by atoms with van der Waals surface area (Å²) in [4.78, 5) is 12.6. The minimum atomic E-state index is -0.474. The molecule has 6 heteroatoms. The van der Waals surface area contributed by atoms with Crippen LogP contribution in [0.25, 0.3) is 12.2 Å². The molecule has 0 bridgehead atoms. The minimum absolute atomic E-state index is 0.0723. The molecule has 0 aliphatic carbocycles. The molecule has 28 heavy (non-hydrogen) atoms. The van der Waals surface area contributed by atoms with Gasteiger partial charge in [-0.25, -0.2) is 0 Å². The summed E-state index contributed by atoms with van der Waals surface area (Å²) in [6, 6.07) is 6.16. The zero-order chi connectivity index (χ0) is 20.5. The fraction of sp³-hybridized carbons (Fsp3) is 0.227. The van der Waals surface area contributed by atoms with E-state index in [-0.39, 0.29) is 22.8 Å². The lowest BCUT2D eigenvalue weighted by Gasteiger charge is -2.28. The summed E-state index contributed by atoms with van der Waals surface area (Å²) in [7, 11) is 2.92. The zero-order valence-corrected chi connectivity index (χ0v) is 16.1. The quantitative estimate of drug-likeness (QED) is 0.596. The molecule has 0 saturated carbocycles. The molecule has 1 aliphatic heterocycles. The minimum Gasteiger partial charge on any atom is -0.506 e. The van der Waals surface area contributed by atoms with Crippen molar-refractivity contribution in [2.24, 2.45) is 0 Å². The lowest BCUT2D eigenvalue weighted by Crippen LogP contribution is -2.27. The van der Waals surface area contributed by atoms with E-state index in [1.165, 1.54) is 44.6 Å². The van der Waals surface area contributed by atoms with E-state index in [0.717, 1.165) is 0 Å². The maximum absolute atomic E-state index is 12.6. The Hall–Kier alpha value is -3.41. The molecule has 0 amide bonds. The highest BCUT2D eigenvalue weighted by Crippen LogP contribution is 2.39. The molecule has 146 valence electrons. The van der Waals surface area contributed by atoms with E-state index in [1.807, 2.05) is 19.9 Å². The number of allylic oxidation sites excluding steroid dienone is 1. The molecule has 0 fully saturated rings. The average molecular weight is 382 g/mol. The smallest absolute Gasteiger partial charge is 0.189 e. The highest BCUT2D eigenvalue weighted by atomic mass is 16.5. The molecule has 2 aromatic carbocycles. The largest absolute Gasteiger partial charge is 0.506 e. The number of hydrogen-bond acceptors (Lipinski definition) is 6. The third-order valence-corrected chi connectivity index (χ3v) is 4.41. The SMILES string of the molecule is COc1cc(OC)c(/C=C/C(=O)c2ccc3c(c2O)C=CC(C)(C)O3)cc1O. The normalized spacial score (nSPS) is 14.4. The number of carbonyl (C=O) groups is 1. The van der Waals surface area contributed by atoms with E-state index >= 15 is 0 Å². The first-order valence-electron chi connectivity index (χ1n) is 8.67. The molecule has 0 aromatic heterocycles. The van der Waals surface area contributed by atoms with E-state index in [1.54, 1.807) is 12.1 Å². The Bertz CT molecular complexity index is 985. The van der Waals surface area contributed by atoms with Crippen molar-refractivity contribution in [1.29, 1.82) is 0 Å². The van der Waals surface area contributed by atoms with Crippen LogP contribution >= 0.6 is 0 Å². The van der Waals surface area contributed by atoms with E-state index < -0.39 is 11.4 Å². The molecule has 3 rings (SSSR count). The van der Waals surface area contributed by atoms with Gasteiger partial charge in [-0.15, -0.1) is 0 Å². The van der Waals surface area contributed by atoms with Crippen LogP contribution in [0.2, 0.25) is 0 Å². The number of phenols is 2. The van der Waals surface area contributed by atoms with Crippen molar-refractivity contribution >= 4 is 17.9 Å². The monoisotopic (exact) mass is 382 g/mol. The van der Waals surface area contributed by atoms with Crippen molar-refractivity contribution in [1.82, 2.24) is 0 Å². The molecule has 1 heterocycles. The van der Waals surface area contributed by atoms with Gasteiger partial charge in [-0.1, -0.05) is 0 Å². The maximum Gasteiger partial charge on any atom is 0.189 e. The lowest BCUT2D eigenvalue weighted by molar-refractivity contribution is 0.104. The third-order valence-electron chi connectivity index (χ3n) is 4.41. The van der Waals surface area contributed by atoms with Crippen molar-refractivity contribution < 1.29 is 29.2 Å². The molecular weight excluding hydrogens is 360 g/mol. The molecule has 0 unspecified atom stereocenters. The standard InChI is InChI=1S/C22H22O6/c1-22(2)10-9-15-18(28-22)8-6-14(21(15)25)16(23)7-5-13-11-17(24)20(27-4)12-19(13)26-3/h5-12,24-25H,1-4H3/b7-5+. The van der Waals surface area contributed by atoms with Gasteiger partial charge in [0.25, 0.3) is 0 Å². The Kier molecular flexibility index (Phi) is 5.05. The van der Waals surface area contributed by atoms with Gasteiger partial charge >= 0.3 is 0 Å². The topological polar surface area (TPSA) is 85.2 Å². The molecular formula is C22H22O6. The van der Waals surface area contributed by atoms with Gasteiger partial charge in [-0.3, -0.25) is 4.79 Å². The van der Waals surface area contributed by atoms with E-state index in [4.69, 9.17) is 14.2 Å². The van der Waals surface area contributed by atoms with Crippen LogP contribution in [0.15, 0.2) is 36.4 Å². The predicted molar refractivity (Wildman–Crippen MR) is 106 cm³/mol. The molecule has 2 N–H and O–H groups in total. The third kappa shape index (κ3) is 3.67. The Morgan fingerprint density at radius 1 is 1.11 bits per heavy atom. The van der Waals surface area contributed by atoms with Crippen molar-refractivity contribution in [2.45, 2.75) is 19.4 Å². The van der Waals surface area contributed by atoms with Crippen LogP contribution < -0.4 is 14.2 Å². The van der Waals surface area contributed by atoms with Crippen LogP contribution in [0.4, 0.5) is 0 Å². The van der Waals surface area contributed by atoms with E-state index in [0.29, 0.717) is 22.6 Å². The molecule has 0 atom stereocenters. The first kappa shape index (κ1) is 19.4. The highest BCUT2D eigenvalue weighted by Gasteiger charge is 2.25. The van der Waals surface area contributed by atoms with Gasteiger partial charge in [-0.05, 0) is 56.4 Å². The molecule has 0 saturated heterocycles. The predicted octanol–water partition coefficient (Wildman–Crippen LogP) is 4.20. The van der Waals surface area contributed by atoms with Crippen LogP contribution in [-0.4, -0.2) is 35.8 Å². The summed E-state index contributed by atoms with van der Waals surface area (Å²) in [5.41, 5.74) is 0.645. The first-order valence-corrected chi connectivity index (χ1v) is 8.67. The number of benzene rings is 2. The number of rotatable bonds is 5. The number of fused-ring (bicyclic) bond motifs is 1. The van der Waals surface area contributed by atoms with Crippen LogP contribution in [0, 0.1) is 0 Å². The number of aromatic hydroxyl groups is 2. The van der Waals surface area contributed by atoms with Gasteiger partial charge < -0.3 is 24.4 Å². The number of ether oxygens (including phenoxy) is 3. The van der Waals surface area contributed by atoms with Crippen molar-refractivity contribution in [3.63, 3.8) is 0 Å². The second-order valence-corrected chi connectivity index (χ2v) is 6.88. The summed E-state index contributed by atoms with van der Waals surface area (Å²) in [5, 5.41) is 20.5. The molecule has 1 aliphatic rings. The fourth-order valence-electron chi connectivity index (χ4n) is 2.93. The average Bonchev–Trinajstić information content (AvgIpc) is 2.65. The summed E-state index contributed by atoms with van der Waals surface area (Å²) in [5.74, 6) is 0.623. The van der Waals surface area contributed by atoms with Crippen molar-refractivity contribution in [3.8, 4) is 28.7 Å². The number of methoxy groups -OCH3 is 2. The van der Waals surface area contributed by atoms with Gasteiger partial charge in [0.05, 0.1) is 25.3 Å². The Morgan fingerprint density at radius 2 is 1.82 bits per heavy atom. The number of phenolic OH excluding ortho intramolecular Hbond substituents is 2. The van der Waals surface area contributed by atoms with Crippen molar-refractivity contribution in [2.75, 3.05) is 14.2 Å². The zero-order valence-electron chi connectivity index (χ0n) is 16.1. The summed E-state index contributed by atoms with van der Waals surface area (Å²) < 4.78 is 16.1. The lowest BCUT2D eigenvalue weighted by atomic mass is 9.98. The summed E-state index contributed by atoms with van der Waals surface area (Å²) in [6.07, 6.45) is 6.39. The number of ketones is 1. The highest BCUT2D eigenvalue weighted by molar-refractivity contribution is 6.09. The van der Waals surface area contributed by atoms with Gasteiger partial charge in [-0.2, -0.15) is 0 Å². The Labute approximate surface area is 163 Å². The van der Waals surface area contributed by atoms with Crippen LogP contribution in [-0.2, 0) is 0 Å². The van der Waals surface area contributed by atoms with Gasteiger partial charge in [0.2, 0.25) is 0 Å². The number of hydrogen-bond donors (Lipinski definition) is 2. The van der Waals surface area contributed by atoms with Crippen LogP contribution in [0.1, 0.15) is 35.3 Å². The molecule has 0 spiro atoms. The van der Waals surface area contributed by atoms with Crippen LogP contribution in [0.5, 0.6) is 28.7 Å². The second-order valence-electron chi connectivity index (χ2n) is 6.88.